The van der Waals surface area contributed by atoms with Crippen molar-refractivity contribution in [1.82, 2.24) is 0 Å². The summed E-state index contributed by atoms with van der Waals surface area (Å²) in [6, 6.07) is 0. The molecule has 4 nitrogen and oxygen atoms in total. The molecule has 2 aliphatic rings. The zero-order valence-corrected chi connectivity index (χ0v) is 7.36. The maximum atomic E-state index is 5.51. The smallest absolute Gasteiger partial charge is 0.115 e. The molecule has 0 aromatic heterocycles. The SMILES string of the molecule is COC1COC2C1OC[C@@H]2OC. The first-order valence-corrected chi connectivity index (χ1v) is 4.15. The molecule has 0 aliphatic carbocycles. The van der Waals surface area contributed by atoms with Gasteiger partial charge in [0.15, 0.2) is 0 Å². The minimum absolute atomic E-state index is 0.0694. The molecule has 0 aromatic carbocycles. The van der Waals surface area contributed by atoms with Crippen LogP contribution in [0.3, 0.4) is 0 Å². The Hall–Kier alpha value is -0.160. The van der Waals surface area contributed by atoms with Gasteiger partial charge >= 0.3 is 0 Å². The van der Waals surface area contributed by atoms with Crippen molar-refractivity contribution in [2.24, 2.45) is 0 Å². The van der Waals surface area contributed by atoms with Crippen LogP contribution in [0.2, 0.25) is 0 Å². The van der Waals surface area contributed by atoms with Gasteiger partial charge in [-0.3, -0.25) is 0 Å². The molecule has 70 valence electrons. The van der Waals surface area contributed by atoms with Gasteiger partial charge in [-0.05, 0) is 0 Å². The van der Waals surface area contributed by atoms with Gasteiger partial charge in [0, 0.05) is 14.2 Å². The summed E-state index contributed by atoms with van der Waals surface area (Å²) in [7, 11) is 3.36. The van der Waals surface area contributed by atoms with Crippen molar-refractivity contribution >= 4 is 0 Å². The highest BCUT2D eigenvalue weighted by Gasteiger charge is 2.48. The van der Waals surface area contributed by atoms with Crippen molar-refractivity contribution in [2.75, 3.05) is 27.4 Å². The lowest BCUT2D eigenvalue weighted by atomic mass is 10.1. The zero-order valence-electron chi connectivity index (χ0n) is 7.36. The van der Waals surface area contributed by atoms with Crippen molar-refractivity contribution in [2.45, 2.75) is 24.4 Å². The summed E-state index contributed by atoms with van der Waals surface area (Å²) in [6.45, 7) is 1.23. The Morgan fingerprint density at radius 2 is 1.33 bits per heavy atom. The van der Waals surface area contributed by atoms with Gasteiger partial charge in [-0.25, -0.2) is 0 Å². The van der Waals surface area contributed by atoms with Crippen molar-refractivity contribution in [3.8, 4) is 0 Å². The van der Waals surface area contributed by atoms with Crippen LogP contribution >= 0.6 is 0 Å². The van der Waals surface area contributed by atoms with E-state index < -0.39 is 0 Å². The van der Waals surface area contributed by atoms with E-state index in [1.165, 1.54) is 0 Å². The fourth-order valence-electron chi connectivity index (χ4n) is 1.83. The molecule has 0 N–H and O–H groups in total. The molecule has 3 unspecified atom stereocenters. The molecule has 2 rings (SSSR count). The molecule has 2 aliphatic heterocycles. The summed E-state index contributed by atoms with van der Waals surface area (Å²) in [4.78, 5) is 0. The number of methoxy groups -OCH3 is 2. The topological polar surface area (TPSA) is 36.9 Å². The van der Waals surface area contributed by atoms with Crippen molar-refractivity contribution in [1.29, 1.82) is 0 Å². The van der Waals surface area contributed by atoms with Gasteiger partial charge in [-0.2, -0.15) is 0 Å². The van der Waals surface area contributed by atoms with Gasteiger partial charge in [0.1, 0.15) is 24.4 Å². The second-order valence-electron chi connectivity index (χ2n) is 3.14. The highest BCUT2D eigenvalue weighted by molar-refractivity contribution is 4.95. The maximum absolute atomic E-state index is 5.51. The van der Waals surface area contributed by atoms with E-state index in [4.69, 9.17) is 18.9 Å². The van der Waals surface area contributed by atoms with Crippen LogP contribution in [0.25, 0.3) is 0 Å². The minimum Gasteiger partial charge on any atom is -0.376 e. The molecule has 0 bridgehead atoms. The third kappa shape index (κ3) is 1.15. The lowest BCUT2D eigenvalue weighted by molar-refractivity contribution is -0.0267. The molecule has 0 radical (unpaired) electrons. The first-order chi connectivity index (χ1) is 5.86. The fourth-order valence-corrected chi connectivity index (χ4v) is 1.83. The Bertz CT molecular complexity index is 143. The normalized spacial score (nSPS) is 46.5. The first-order valence-electron chi connectivity index (χ1n) is 4.15. The molecule has 2 heterocycles. The van der Waals surface area contributed by atoms with Crippen LogP contribution in [-0.4, -0.2) is 51.8 Å². The van der Waals surface area contributed by atoms with Gasteiger partial charge in [0.2, 0.25) is 0 Å². The average molecular weight is 174 g/mol. The standard InChI is InChI=1S/C8H14O4/c1-9-5-3-11-8-6(10-2)4-12-7(5)8/h5-8H,3-4H2,1-2H3/t5-,6?,7?,8?/m0/s1. The molecule has 2 saturated heterocycles. The lowest BCUT2D eigenvalue weighted by Crippen LogP contribution is -2.32. The van der Waals surface area contributed by atoms with Crippen molar-refractivity contribution in [3.05, 3.63) is 0 Å². The van der Waals surface area contributed by atoms with Gasteiger partial charge in [0.05, 0.1) is 13.2 Å². The highest BCUT2D eigenvalue weighted by Crippen LogP contribution is 2.29. The predicted octanol–water partition coefficient (Wildman–Crippen LogP) is -0.186. The summed E-state index contributed by atoms with van der Waals surface area (Å²) >= 11 is 0. The Labute approximate surface area is 71.7 Å². The summed E-state index contributed by atoms with van der Waals surface area (Å²) in [5.74, 6) is 0. The van der Waals surface area contributed by atoms with Crippen LogP contribution in [0.1, 0.15) is 0 Å². The van der Waals surface area contributed by atoms with E-state index in [1.807, 2.05) is 0 Å². The summed E-state index contributed by atoms with van der Waals surface area (Å²) in [5.41, 5.74) is 0. The van der Waals surface area contributed by atoms with Crippen LogP contribution in [0.5, 0.6) is 0 Å². The summed E-state index contributed by atoms with van der Waals surface area (Å²) < 4.78 is 21.4. The first kappa shape index (κ1) is 8.44. The van der Waals surface area contributed by atoms with Gasteiger partial charge < -0.3 is 18.9 Å². The molecule has 0 amide bonds. The molecule has 0 saturated carbocycles. The molecule has 2 fully saturated rings. The minimum atomic E-state index is 0.0694. The van der Waals surface area contributed by atoms with E-state index in [9.17, 15) is 0 Å². The number of hydrogen-bond acceptors (Lipinski definition) is 4. The Morgan fingerprint density at radius 3 is 1.67 bits per heavy atom. The monoisotopic (exact) mass is 174 g/mol. The van der Waals surface area contributed by atoms with E-state index in [2.05, 4.69) is 0 Å². The predicted molar refractivity (Wildman–Crippen MR) is 41.1 cm³/mol. The van der Waals surface area contributed by atoms with Crippen LogP contribution in [0, 0.1) is 0 Å². The highest BCUT2D eigenvalue weighted by atomic mass is 16.6. The molecular weight excluding hydrogens is 160 g/mol. The van der Waals surface area contributed by atoms with Crippen molar-refractivity contribution < 1.29 is 18.9 Å². The van der Waals surface area contributed by atoms with Crippen LogP contribution in [-0.2, 0) is 18.9 Å². The molecule has 0 aromatic rings. The zero-order chi connectivity index (χ0) is 8.55. The Balaban J connectivity index is 2.01. The van der Waals surface area contributed by atoms with E-state index >= 15 is 0 Å². The number of hydrogen-bond donors (Lipinski definition) is 0. The largest absolute Gasteiger partial charge is 0.376 e. The van der Waals surface area contributed by atoms with E-state index in [0.717, 1.165) is 0 Å². The Morgan fingerprint density at radius 1 is 0.917 bits per heavy atom. The van der Waals surface area contributed by atoms with Gasteiger partial charge in [-0.1, -0.05) is 0 Å². The number of rotatable bonds is 2. The number of ether oxygens (including phenoxy) is 4. The summed E-state index contributed by atoms with van der Waals surface area (Å²) in [5, 5.41) is 0. The van der Waals surface area contributed by atoms with Crippen LogP contribution in [0.4, 0.5) is 0 Å². The Kier molecular flexibility index (Phi) is 2.32. The van der Waals surface area contributed by atoms with Gasteiger partial charge in [0.25, 0.3) is 0 Å². The third-order valence-electron chi connectivity index (χ3n) is 2.57. The summed E-state index contributed by atoms with van der Waals surface area (Å²) in [6.07, 6.45) is 0.296. The molecule has 0 spiro atoms. The molecular formula is C8H14O4. The van der Waals surface area contributed by atoms with E-state index in [0.29, 0.717) is 13.2 Å². The third-order valence-corrected chi connectivity index (χ3v) is 2.57. The lowest BCUT2D eigenvalue weighted by Gasteiger charge is -2.14. The van der Waals surface area contributed by atoms with Crippen LogP contribution in [0.15, 0.2) is 0 Å². The maximum Gasteiger partial charge on any atom is 0.115 e. The average Bonchev–Trinajstić information content (AvgIpc) is 2.62. The van der Waals surface area contributed by atoms with Crippen LogP contribution < -0.4 is 0 Å². The molecule has 12 heavy (non-hydrogen) atoms. The van der Waals surface area contributed by atoms with E-state index in [-0.39, 0.29) is 24.4 Å². The van der Waals surface area contributed by atoms with Crippen molar-refractivity contribution in [3.63, 3.8) is 0 Å². The second kappa shape index (κ2) is 3.30. The number of fused-ring (bicyclic) bond motifs is 1. The fraction of sp³-hybridized carbons (Fsp3) is 1.00. The van der Waals surface area contributed by atoms with Gasteiger partial charge in [-0.15, -0.1) is 0 Å². The molecule has 4 atom stereocenters. The quantitative estimate of drug-likeness (QED) is 0.581. The molecule has 4 heteroatoms. The van der Waals surface area contributed by atoms with E-state index in [1.54, 1.807) is 14.2 Å². The second-order valence-corrected chi connectivity index (χ2v) is 3.14.